The van der Waals surface area contributed by atoms with Gasteiger partial charge in [0.1, 0.15) is 6.33 Å². The molecule has 0 aliphatic carbocycles. The Labute approximate surface area is 164 Å². The van der Waals surface area contributed by atoms with Crippen molar-refractivity contribution in [1.29, 1.82) is 0 Å². The predicted octanol–water partition coefficient (Wildman–Crippen LogP) is 2.49. The third kappa shape index (κ3) is 3.91. The topological polar surface area (TPSA) is 103 Å². The molecule has 2 aromatic carbocycles. The number of tetrazole rings is 1. The van der Waals surface area contributed by atoms with Gasteiger partial charge in [-0.3, -0.25) is 9.36 Å². The predicted molar refractivity (Wildman–Crippen MR) is 104 cm³/mol. The summed E-state index contributed by atoms with van der Waals surface area (Å²) < 4.78 is 3.55. The molecule has 0 saturated heterocycles. The molecule has 0 fully saturated rings. The number of rotatable bonds is 6. The molecule has 140 valence electrons. The first-order valence-corrected chi connectivity index (χ1v) is 9.43. The van der Waals surface area contributed by atoms with E-state index in [0.717, 1.165) is 11.4 Å². The average Bonchev–Trinajstić information content (AvgIpc) is 3.36. The average molecular weight is 392 g/mol. The van der Waals surface area contributed by atoms with Crippen molar-refractivity contribution in [3.63, 3.8) is 0 Å². The number of nitrogens with zero attached hydrogens (tertiary/aromatic N) is 7. The highest BCUT2D eigenvalue weighted by Crippen LogP contribution is 2.24. The lowest BCUT2D eigenvalue weighted by Gasteiger charge is -2.09. The molecular formula is C18H16N8OS. The fourth-order valence-electron chi connectivity index (χ4n) is 2.63. The van der Waals surface area contributed by atoms with Crippen LogP contribution in [0.2, 0.25) is 0 Å². The second-order valence-electron chi connectivity index (χ2n) is 5.85. The first kappa shape index (κ1) is 17.9. The van der Waals surface area contributed by atoms with Crippen LogP contribution in [0.15, 0.2) is 66.1 Å². The van der Waals surface area contributed by atoms with E-state index in [1.54, 1.807) is 11.0 Å². The van der Waals surface area contributed by atoms with Crippen LogP contribution in [-0.2, 0) is 10.5 Å². The van der Waals surface area contributed by atoms with Gasteiger partial charge < -0.3 is 5.32 Å². The fraction of sp³-hybridized carbons (Fsp3) is 0.111. The molecule has 0 bridgehead atoms. The van der Waals surface area contributed by atoms with Crippen LogP contribution in [0.1, 0.15) is 12.7 Å². The van der Waals surface area contributed by atoms with Crippen LogP contribution < -0.4 is 5.32 Å². The number of amides is 1. The largest absolute Gasteiger partial charge is 0.326 e. The molecule has 0 saturated carbocycles. The van der Waals surface area contributed by atoms with Crippen LogP contribution >= 0.6 is 11.8 Å². The molecule has 0 aliphatic rings. The van der Waals surface area contributed by atoms with Gasteiger partial charge in [-0.2, -0.15) is 4.68 Å². The van der Waals surface area contributed by atoms with Crippen LogP contribution in [0.5, 0.6) is 0 Å². The van der Waals surface area contributed by atoms with E-state index in [1.807, 2.05) is 59.2 Å². The summed E-state index contributed by atoms with van der Waals surface area (Å²) in [5.41, 5.74) is 2.46. The smallest absolute Gasteiger partial charge is 0.221 e. The minimum Gasteiger partial charge on any atom is -0.326 e. The van der Waals surface area contributed by atoms with Crippen LogP contribution in [0.25, 0.3) is 11.4 Å². The third-order valence-electron chi connectivity index (χ3n) is 3.83. The Kier molecular flexibility index (Phi) is 5.11. The highest BCUT2D eigenvalue weighted by Gasteiger charge is 2.13. The van der Waals surface area contributed by atoms with Gasteiger partial charge in [-0.15, -0.1) is 15.3 Å². The van der Waals surface area contributed by atoms with Crippen molar-refractivity contribution in [3.05, 3.63) is 66.7 Å². The number of para-hydroxylation sites is 1. The number of hydrogen-bond acceptors (Lipinski definition) is 7. The summed E-state index contributed by atoms with van der Waals surface area (Å²) in [6.07, 6.45) is 1.63. The van der Waals surface area contributed by atoms with Gasteiger partial charge >= 0.3 is 0 Å². The van der Waals surface area contributed by atoms with Crippen LogP contribution in [0.4, 0.5) is 5.69 Å². The summed E-state index contributed by atoms with van der Waals surface area (Å²) in [5, 5.41) is 23.7. The number of aromatic nitrogens is 7. The van der Waals surface area contributed by atoms with Crippen molar-refractivity contribution in [1.82, 2.24) is 35.0 Å². The summed E-state index contributed by atoms with van der Waals surface area (Å²) in [4.78, 5) is 11.3. The summed E-state index contributed by atoms with van der Waals surface area (Å²) in [7, 11) is 0. The van der Waals surface area contributed by atoms with Crippen LogP contribution in [0.3, 0.4) is 0 Å². The van der Waals surface area contributed by atoms with Crippen molar-refractivity contribution >= 4 is 23.4 Å². The van der Waals surface area contributed by atoms with E-state index in [-0.39, 0.29) is 5.91 Å². The highest BCUT2D eigenvalue weighted by molar-refractivity contribution is 7.98. The van der Waals surface area contributed by atoms with Crippen molar-refractivity contribution < 1.29 is 4.79 Å². The molecule has 2 aromatic heterocycles. The normalized spacial score (nSPS) is 10.8. The Hall–Kier alpha value is -3.53. The molecule has 0 unspecified atom stereocenters. The van der Waals surface area contributed by atoms with Crippen molar-refractivity contribution in [2.24, 2.45) is 0 Å². The highest BCUT2D eigenvalue weighted by atomic mass is 32.2. The number of nitrogens with one attached hydrogen (secondary N) is 1. The fourth-order valence-corrected chi connectivity index (χ4v) is 3.47. The summed E-state index contributed by atoms with van der Waals surface area (Å²) in [6, 6.07) is 17.2. The van der Waals surface area contributed by atoms with Crippen molar-refractivity contribution in [3.8, 4) is 11.4 Å². The number of benzene rings is 2. The molecule has 10 heteroatoms. The van der Waals surface area contributed by atoms with Gasteiger partial charge in [-0.1, -0.05) is 36.0 Å². The lowest BCUT2D eigenvalue weighted by Crippen LogP contribution is -2.06. The SMILES string of the molecule is CC(=O)Nc1cccc(-n2cnnc2SCc2nnnn2-c2ccccc2)c1. The molecule has 0 radical (unpaired) electrons. The van der Waals surface area contributed by atoms with E-state index in [1.165, 1.54) is 18.7 Å². The van der Waals surface area contributed by atoms with E-state index >= 15 is 0 Å². The summed E-state index contributed by atoms with van der Waals surface area (Å²) in [5.74, 6) is 1.10. The monoisotopic (exact) mass is 392 g/mol. The maximum absolute atomic E-state index is 11.3. The Morgan fingerprint density at radius 3 is 2.71 bits per heavy atom. The van der Waals surface area contributed by atoms with Gasteiger partial charge in [0.15, 0.2) is 11.0 Å². The van der Waals surface area contributed by atoms with Gasteiger partial charge in [0.05, 0.1) is 17.1 Å². The van der Waals surface area contributed by atoms with Crippen LogP contribution in [0, 0.1) is 0 Å². The van der Waals surface area contributed by atoms with Gasteiger partial charge in [-0.25, -0.2) is 0 Å². The Bertz CT molecular complexity index is 1090. The number of carbonyl (C=O) groups excluding carboxylic acids is 1. The Balaban J connectivity index is 1.54. The zero-order chi connectivity index (χ0) is 19.3. The number of thioether (sulfide) groups is 1. The van der Waals surface area contributed by atoms with E-state index in [2.05, 4.69) is 31.0 Å². The third-order valence-corrected chi connectivity index (χ3v) is 4.77. The Morgan fingerprint density at radius 1 is 1.07 bits per heavy atom. The molecule has 0 spiro atoms. The first-order chi connectivity index (χ1) is 13.7. The van der Waals surface area contributed by atoms with Crippen LogP contribution in [-0.4, -0.2) is 40.9 Å². The lowest BCUT2D eigenvalue weighted by molar-refractivity contribution is -0.114. The van der Waals surface area contributed by atoms with E-state index in [9.17, 15) is 4.79 Å². The minimum absolute atomic E-state index is 0.122. The zero-order valence-electron chi connectivity index (χ0n) is 14.9. The van der Waals surface area contributed by atoms with Crippen molar-refractivity contribution in [2.45, 2.75) is 17.8 Å². The zero-order valence-corrected chi connectivity index (χ0v) is 15.7. The minimum atomic E-state index is -0.122. The number of carbonyl (C=O) groups is 1. The molecule has 0 aliphatic heterocycles. The number of hydrogen-bond donors (Lipinski definition) is 1. The number of anilines is 1. The maximum atomic E-state index is 11.3. The van der Waals surface area contributed by atoms with Gasteiger partial charge in [0.25, 0.3) is 0 Å². The molecule has 28 heavy (non-hydrogen) atoms. The molecule has 4 aromatic rings. The quantitative estimate of drug-likeness (QED) is 0.503. The molecule has 1 N–H and O–H groups in total. The standard InChI is InChI=1S/C18H16N8OS/c1-13(27)20-14-6-5-9-16(10-14)25-12-19-22-18(25)28-11-17-21-23-24-26(17)15-7-3-2-4-8-15/h2-10,12H,11H2,1H3,(H,20,27). The second kappa shape index (κ2) is 8.01. The van der Waals surface area contributed by atoms with E-state index in [0.29, 0.717) is 22.4 Å². The first-order valence-electron chi connectivity index (χ1n) is 8.44. The van der Waals surface area contributed by atoms with E-state index < -0.39 is 0 Å². The molecule has 4 rings (SSSR count). The molecule has 2 heterocycles. The molecule has 1 amide bonds. The van der Waals surface area contributed by atoms with Gasteiger partial charge in [-0.05, 0) is 40.8 Å². The molecular weight excluding hydrogens is 376 g/mol. The summed E-state index contributed by atoms with van der Waals surface area (Å²) >= 11 is 1.47. The van der Waals surface area contributed by atoms with Crippen molar-refractivity contribution in [2.75, 3.05) is 5.32 Å². The molecule has 9 nitrogen and oxygen atoms in total. The van der Waals surface area contributed by atoms with E-state index in [4.69, 9.17) is 0 Å². The van der Waals surface area contributed by atoms with Gasteiger partial charge in [0.2, 0.25) is 5.91 Å². The maximum Gasteiger partial charge on any atom is 0.221 e. The Morgan fingerprint density at radius 2 is 1.89 bits per heavy atom. The summed E-state index contributed by atoms with van der Waals surface area (Å²) in [6.45, 7) is 1.48. The lowest BCUT2D eigenvalue weighted by atomic mass is 10.2. The molecule has 0 atom stereocenters. The second-order valence-corrected chi connectivity index (χ2v) is 6.79. The van der Waals surface area contributed by atoms with Gasteiger partial charge in [0, 0.05) is 12.6 Å².